The molecule has 0 aromatic heterocycles. The van der Waals surface area contributed by atoms with Crippen molar-refractivity contribution in [2.24, 2.45) is 0 Å². The van der Waals surface area contributed by atoms with Gasteiger partial charge in [-0.15, -0.1) is 0 Å². The molecule has 1 aromatic rings. The van der Waals surface area contributed by atoms with Crippen molar-refractivity contribution in [2.45, 2.75) is 6.42 Å². The molecular formula is C8H7FO2. The number of aldehydes is 1. The minimum atomic E-state index is -0.445. The number of rotatable bonds is 2. The van der Waals surface area contributed by atoms with Crippen LogP contribution in [0, 0.1) is 5.82 Å². The van der Waals surface area contributed by atoms with Gasteiger partial charge in [0.25, 0.3) is 0 Å². The minimum absolute atomic E-state index is 0.0431. The number of phenolic OH excluding ortho intramolecular Hbond substituents is 1. The Morgan fingerprint density at radius 2 is 2.27 bits per heavy atom. The molecule has 1 rings (SSSR count). The van der Waals surface area contributed by atoms with Crippen molar-refractivity contribution in [3.05, 3.63) is 29.6 Å². The number of halogens is 1. The third-order valence-electron chi connectivity index (χ3n) is 1.34. The number of phenols is 1. The van der Waals surface area contributed by atoms with Crippen molar-refractivity contribution in [2.75, 3.05) is 0 Å². The second-order valence-electron chi connectivity index (χ2n) is 2.14. The van der Waals surface area contributed by atoms with E-state index in [2.05, 4.69) is 0 Å². The second kappa shape index (κ2) is 3.14. The van der Waals surface area contributed by atoms with Gasteiger partial charge in [-0.2, -0.15) is 0 Å². The van der Waals surface area contributed by atoms with Crippen LogP contribution in [0.5, 0.6) is 5.75 Å². The van der Waals surface area contributed by atoms with E-state index in [1.165, 1.54) is 6.07 Å². The van der Waals surface area contributed by atoms with Crippen molar-refractivity contribution >= 4 is 6.29 Å². The van der Waals surface area contributed by atoms with Crippen LogP contribution < -0.4 is 0 Å². The lowest BCUT2D eigenvalue weighted by atomic mass is 10.1. The molecule has 58 valence electrons. The number of hydrogen-bond donors (Lipinski definition) is 1. The van der Waals surface area contributed by atoms with E-state index in [1.807, 2.05) is 0 Å². The molecule has 0 spiro atoms. The summed E-state index contributed by atoms with van der Waals surface area (Å²) in [6, 6.07) is 3.52. The number of benzene rings is 1. The van der Waals surface area contributed by atoms with Gasteiger partial charge in [0.15, 0.2) is 0 Å². The third kappa shape index (κ3) is 1.77. The maximum Gasteiger partial charge on any atom is 0.124 e. The van der Waals surface area contributed by atoms with Crippen molar-refractivity contribution in [1.29, 1.82) is 0 Å². The molecule has 0 bridgehead atoms. The molecule has 1 aromatic carbocycles. The van der Waals surface area contributed by atoms with E-state index in [0.717, 1.165) is 12.1 Å². The van der Waals surface area contributed by atoms with E-state index in [4.69, 9.17) is 5.11 Å². The van der Waals surface area contributed by atoms with Crippen LogP contribution in [0.25, 0.3) is 0 Å². The molecule has 0 aliphatic carbocycles. The molecule has 1 N–H and O–H groups in total. The van der Waals surface area contributed by atoms with Crippen LogP contribution in [0.4, 0.5) is 4.39 Å². The average Bonchev–Trinajstić information content (AvgIpc) is 1.98. The molecule has 0 aliphatic rings. The van der Waals surface area contributed by atoms with E-state index >= 15 is 0 Å². The predicted octanol–water partition coefficient (Wildman–Crippen LogP) is 1.27. The smallest absolute Gasteiger partial charge is 0.124 e. The summed E-state index contributed by atoms with van der Waals surface area (Å²) in [5.74, 6) is -0.488. The van der Waals surface area contributed by atoms with Gasteiger partial charge in [-0.3, -0.25) is 0 Å². The fraction of sp³-hybridized carbons (Fsp3) is 0.125. The number of carbonyl (C=O) groups is 1. The topological polar surface area (TPSA) is 37.3 Å². The Bertz CT molecular complexity index is 271. The highest BCUT2D eigenvalue weighted by atomic mass is 19.1. The summed E-state index contributed by atoms with van der Waals surface area (Å²) in [6.07, 6.45) is 0.665. The van der Waals surface area contributed by atoms with Crippen LogP contribution in [-0.4, -0.2) is 11.4 Å². The first-order chi connectivity index (χ1) is 5.24. The average molecular weight is 154 g/mol. The lowest BCUT2D eigenvalue weighted by Gasteiger charge is -1.98. The number of carbonyl (C=O) groups excluding carboxylic acids is 1. The Morgan fingerprint density at radius 3 is 2.91 bits per heavy atom. The van der Waals surface area contributed by atoms with Gasteiger partial charge in [0.2, 0.25) is 0 Å². The van der Waals surface area contributed by atoms with Gasteiger partial charge in [0, 0.05) is 12.0 Å². The summed E-state index contributed by atoms with van der Waals surface area (Å²) in [5.41, 5.74) is 0.319. The zero-order chi connectivity index (χ0) is 8.27. The van der Waals surface area contributed by atoms with Gasteiger partial charge in [-0.25, -0.2) is 4.39 Å². The normalized spacial score (nSPS) is 9.55. The highest BCUT2D eigenvalue weighted by molar-refractivity contribution is 5.57. The van der Waals surface area contributed by atoms with Gasteiger partial charge >= 0.3 is 0 Å². The first-order valence-electron chi connectivity index (χ1n) is 3.15. The highest BCUT2D eigenvalue weighted by Crippen LogP contribution is 2.17. The number of aromatic hydroxyl groups is 1. The van der Waals surface area contributed by atoms with Crippen molar-refractivity contribution in [3.8, 4) is 5.75 Å². The Balaban J connectivity index is 3.01. The molecule has 0 saturated heterocycles. The van der Waals surface area contributed by atoms with Crippen LogP contribution in [-0.2, 0) is 11.2 Å². The van der Waals surface area contributed by atoms with Crippen LogP contribution in [0.3, 0.4) is 0 Å². The largest absolute Gasteiger partial charge is 0.508 e. The fourth-order valence-electron chi connectivity index (χ4n) is 0.807. The van der Waals surface area contributed by atoms with E-state index in [9.17, 15) is 9.18 Å². The summed E-state index contributed by atoms with van der Waals surface area (Å²) in [5, 5.41) is 9.04. The van der Waals surface area contributed by atoms with Crippen LogP contribution in [0.15, 0.2) is 18.2 Å². The molecule has 0 aliphatic heterocycles. The van der Waals surface area contributed by atoms with E-state index in [1.54, 1.807) is 0 Å². The molecule has 11 heavy (non-hydrogen) atoms. The molecule has 0 radical (unpaired) electrons. The lowest BCUT2D eigenvalue weighted by molar-refractivity contribution is -0.107. The molecule has 0 atom stereocenters. The van der Waals surface area contributed by atoms with Gasteiger partial charge in [-0.1, -0.05) is 0 Å². The summed E-state index contributed by atoms with van der Waals surface area (Å²) in [6.45, 7) is 0. The van der Waals surface area contributed by atoms with E-state index in [-0.39, 0.29) is 12.2 Å². The Kier molecular flexibility index (Phi) is 2.21. The molecule has 0 heterocycles. The predicted molar refractivity (Wildman–Crippen MR) is 37.8 cm³/mol. The minimum Gasteiger partial charge on any atom is -0.508 e. The van der Waals surface area contributed by atoms with Gasteiger partial charge < -0.3 is 9.90 Å². The molecule has 0 saturated carbocycles. The summed E-state index contributed by atoms with van der Waals surface area (Å²) in [4.78, 5) is 10.0. The van der Waals surface area contributed by atoms with Gasteiger partial charge in [0.05, 0.1) is 0 Å². The molecule has 2 nitrogen and oxygen atoms in total. The Morgan fingerprint density at radius 1 is 1.55 bits per heavy atom. The lowest BCUT2D eigenvalue weighted by Crippen LogP contribution is -1.87. The first-order valence-corrected chi connectivity index (χ1v) is 3.15. The molecule has 0 unspecified atom stereocenters. The SMILES string of the molecule is O=CCc1cc(F)ccc1O. The van der Waals surface area contributed by atoms with Crippen LogP contribution in [0.1, 0.15) is 5.56 Å². The standard InChI is InChI=1S/C8H7FO2/c9-7-1-2-8(11)6(5-7)3-4-10/h1-2,4-5,11H,3H2. The maximum absolute atomic E-state index is 12.4. The Labute approximate surface area is 63.3 Å². The van der Waals surface area contributed by atoms with Gasteiger partial charge in [0.1, 0.15) is 17.9 Å². The summed E-state index contributed by atoms with van der Waals surface area (Å²) < 4.78 is 12.4. The first kappa shape index (κ1) is 7.72. The van der Waals surface area contributed by atoms with Crippen LogP contribution >= 0.6 is 0 Å². The van der Waals surface area contributed by atoms with Crippen molar-refractivity contribution in [1.82, 2.24) is 0 Å². The molecule has 0 fully saturated rings. The number of hydrogen-bond acceptors (Lipinski definition) is 2. The van der Waals surface area contributed by atoms with Crippen molar-refractivity contribution in [3.63, 3.8) is 0 Å². The van der Waals surface area contributed by atoms with Crippen LogP contribution in [0.2, 0.25) is 0 Å². The summed E-state index contributed by atoms with van der Waals surface area (Å²) in [7, 11) is 0. The zero-order valence-electron chi connectivity index (χ0n) is 5.75. The quantitative estimate of drug-likeness (QED) is 0.651. The molecule has 0 amide bonds. The summed E-state index contributed by atoms with van der Waals surface area (Å²) >= 11 is 0. The van der Waals surface area contributed by atoms with Gasteiger partial charge in [-0.05, 0) is 18.2 Å². The van der Waals surface area contributed by atoms with Crippen molar-refractivity contribution < 1.29 is 14.3 Å². The fourth-order valence-corrected chi connectivity index (χ4v) is 0.807. The molecule has 3 heteroatoms. The highest BCUT2D eigenvalue weighted by Gasteiger charge is 2.00. The maximum atomic E-state index is 12.4. The van der Waals surface area contributed by atoms with E-state index in [0.29, 0.717) is 11.8 Å². The zero-order valence-corrected chi connectivity index (χ0v) is 5.75. The monoisotopic (exact) mass is 154 g/mol. The third-order valence-corrected chi connectivity index (χ3v) is 1.34. The molecular weight excluding hydrogens is 147 g/mol. The second-order valence-corrected chi connectivity index (χ2v) is 2.14. The van der Waals surface area contributed by atoms with E-state index < -0.39 is 5.82 Å². The Hall–Kier alpha value is -1.38.